The Balaban J connectivity index is 2.57. The number of aliphatic hydroxyl groups is 1. The third-order valence-corrected chi connectivity index (χ3v) is 2.49. The summed E-state index contributed by atoms with van der Waals surface area (Å²) in [5.74, 6) is 0.165. The highest BCUT2D eigenvalue weighted by Gasteiger charge is 2.31. The van der Waals surface area contributed by atoms with E-state index in [4.69, 9.17) is 0 Å². The third kappa shape index (κ3) is 1.78. The Morgan fingerprint density at radius 1 is 1.58 bits per heavy atom. The average molecular weight is 171 g/mol. The molecule has 1 aliphatic rings. The SMILES string of the molecule is CCC(=O)N1CC(O)CC1CC. The number of hydrogen-bond donors (Lipinski definition) is 1. The van der Waals surface area contributed by atoms with Gasteiger partial charge in [-0.25, -0.2) is 0 Å². The van der Waals surface area contributed by atoms with Crippen molar-refractivity contribution in [2.24, 2.45) is 0 Å². The largest absolute Gasteiger partial charge is 0.391 e. The molecule has 3 heteroatoms. The molecule has 0 saturated carbocycles. The Kier molecular flexibility index (Phi) is 3.09. The van der Waals surface area contributed by atoms with E-state index in [0.29, 0.717) is 13.0 Å². The maximum absolute atomic E-state index is 11.3. The minimum absolute atomic E-state index is 0.165. The zero-order valence-electron chi connectivity index (χ0n) is 7.79. The van der Waals surface area contributed by atoms with Crippen molar-refractivity contribution < 1.29 is 9.90 Å². The Hall–Kier alpha value is -0.570. The maximum Gasteiger partial charge on any atom is 0.222 e. The van der Waals surface area contributed by atoms with Crippen molar-refractivity contribution in [1.82, 2.24) is 4.90 Å². The second-order valence-corrected chi connectivity index (χ2v) is 3.35. The van der Waals surface area contributed by atoms with E-state index in [9.17, 15) is 9.90 Å². The lowest BCUT2D eigenvalue weighted by molar-refractivity contribution is -0.132. The van der Waals surface area contributed by atoms with Crippen molar-refractivity contribution in [2.75, 3.05) is 6.54 Å². The van der Waals surface area contributed by atoms with Gasteiger partial charge in [0.05, 0.1) is 6.10 Å². The number of carbonyl (C=O) groups excluding carboxylic acids is 1. The molecule has 2 atom stereocenters. The maximum atomic E-state index is 11.3. The van der Waals surface area contributed by atoms with E-state index in [1.807, 2.05) is 11.8 Å². The van der Waals surface area contributed by atoms with Crippen molar-refractivity contribution in [1.29, 1.82) is 0 Å². The number of carbonyl (C=O) groups is 1. The summed E-state index contributed by atoms with van der Waals surface area (Å²) >= 11 is 0. The molecule has 1 rings (SSSR count). The molecule has 0 aromatic carbocycles. The lowest BCUT2D eigenvalue weighted by atomic mass is 10.1. The van der Waals surface area contributed by atoms with Gasteiger partial charge in [-0.05, 0) is 12.8 Å². The molecule has 1 fully saturated rings. The molecule has 0 aromatic heterocycles. The molecular weight excluding hydrogens is 154 g/mol. The lowest BCUT2D eigenvalue weighted by Crippen LogP contribution is -2.35. The predicted octanol–water partition coefficient (Wildman–Crippen LogP) is 0.768. The summed E-state index contributed by atoms with van der Waals surface area (Å²) in [7, 11) is 0. The molecule has 2 unspecified atom stereocenters. The van der Waals surface area contributed by atoms with Gasteiger partial charge in [0.1, 0.15) is 0 Å². The fourth-order valence-corrected chi connectivity index (χ4v) is 1.79. The number of likely N-dealkylation sites (tertiary alicyclic amines) is 1. The third-order valence-electron chi connectivity index (χ3n) is 2.49. The predicted molar refractivity (Wildman–Crippen MR) is 46.7 cm³/mol. The van der Waals surface area contributed by atoms with Gasteiger partial charge in [-0.15, -0.1) is 0 Å². The van der Waals surface area contributed by atoms with Crippen LogP contribution in [-0.2, 0) is 4.79 Å². The van der Waals surface area contributed by atoms with Crippen LogP contribution in [0.3, 0.4) is 0 Å². The lowest BCUT2D eigenvalue weighted by Gasteiger charge is -2.22. The highest BCUT2D eigenvalue weighted by atomic mass is 16.3. The number of amides is 1. The zero-order chi connectivity index (χ0) is 9.14. The van der Waals surface area contributed by atoms with E-state index in [-0.39, 0.29) is 18.1 Å². The molecule has 70 valence electrons. The van der Waals surface area contributed by atoms with Gasteiger partial charge >= 0.3 is 0 Å². The molecule has 0 spiro atoms. The summed E-state index contributed by atoms with van der Waals surface area (Å²) in [4.78, 5) is 13.2. The molecular formula is C9H17NO2. The summed E-state index contributed by atoms with van der Waals surface area (Å²) in [6, 6.07) is 0.271. The van der Waals surface area contributed by atoms with Gasteiger partial charge in [0.2, 0.25) is 5.91 Å². The van der Waals surface area contributed by atoms with Crippen LogP contribution in [0.2, 0.25) is 0 Å². The molecule has 12 heavy (non-hydrogen) atoms. The Bertz CT molecular complexity index is 170. The van der Waals surface area contributed by atoms with E-state index < -0.39 is 0 Å². The van der Waals surface area contributed by atoms with Gasteiger partial charge in [-0.2, -0.15) is 0 Å². The minimum atomic E-state index is -0.301. The molecule has 0 radical (unpaired) electrons. The van der Waals surface area contributed by atoms with E-state index in [0.717, 1.165) is 12.8 Å². The summed E-state index contributed by atoms with van der Waals surface area (Å²) < 4.78 is 0. The second kappa shape index (κ2) is 3.90. The van der Waals surface area contributed by atoms with Crippen LogP contribution in [0.4, 0.5) is 0 Å². The smallest absolute Gasteiger partial charge is 0.222 e. The van der Waals surface area contributed by atoms with Gasteiger partial charge in [-0.3, -0.25) is 4.79 Å². The van der Waals surface area contributed by atoms with Crippen molar-refractivity contribution in [2.45, 2.75) is 45.3 Å². The van der Waals surface area contributed by atoms with Crippen LogP contribution < -0.4 is 0 Å². The molecule has 1 heterocycles. The summed E-state index contributed by atoms with van der Waals surface area (Å²) in [5, 5.41) is 9.35. The van der Waals surface area contributed by atoms with E-state index in [1.165, 1.54) is 0 Å². The first-order valence-electron chi connectivity index (χ1n) is 4.66. The molecule has 0 aliphatic carbocycles. The monoisotopic (exact) mass is 171 g/mol. The number of hydrogen-bond acceptors (Lipinski definition) is 2. The Labute approximate surface area is 73.4 Å². The number of rotatable bonds is 2. The second-order valence-electron chi connectivity index (χ2n) is 3.35. The van der Waals surface area contributed by atoms with Crippen LogP contribution in [0.15, 0.2) is 0 Å². The van der Waals surface area contributed by atoms with Gasteiger partial charge in [0, 0.05) is 19.0 Å². The molecule has 1 amide bonds. The van der Waals surface area contributed by atoms with Gasteiger partial charge in [0.15, 0.2) is 0 Å². The van der Waals surface area contributed by atoms with Gasteiger partial charge in [-0.1, -0.05) is 13.8 Å². The van der Waals surface area contributed by atoms with Crippen molar-refractivity contribution in [3.63, 3.8) is 0 Å². The Morgan fingerprint density at radius 2 is 2.25 bits per heavy atom. The van der Waals surface area contributed by atoms with Gasteiger partial charge in [0.25, 0.3) is 0 Å². The zero-order valence-corrected chi connectivity index (χ0v) is 7.79. The quantitative estimate of drug-likeness (QED) is 0.666. The number of aliphatic hydroxyl groups excluding tert-OH is 1. The van der Waals surface area contributed by atoms with Gasteiger partial charge < -0.3 is 10.0 Å². The van der Waals surface area contributed by atoms with Crippen molar-refractivity contribution >= 4 is 5.91 Å². The van der Waals surface area contributed by atoms with E-state index in [2.05, 4.69) is 6.92 Å². The van der Waals surface area contributed by atoms with Crippen LogP contribution >= 0.6 is 0 Å². The van der Waals surface area contributed by atoms with E-state index in [1.54, 1.807) is 0 Å². The molecule has 0 bridgehead atoms. The summed E-state index contributed by atoms with van der Waals surface area (Å²) in [6.45, 7) is 4.45. The van der Waals surface area contributed by atoms with Crippen LogP contribution in [0.5, 0.6) is 0 Å². The van der Waals surface area contributed by atoms with Crippen molar-refractivity contribution in [3.05, 3.63) is 0 Å². The minimum Gasteiger partial charge on any atom is -0.391 e. The molecule has 1 aliphatic heterocycles. The Morgan fingerprint density at radius 3 is 2.75 bits per heavy atom. The van der Waals surface area contributed by atoms with Crippen LogP contribution in [0, 0.1) is 0 Å². The molecule has 1 saturated heterocycles. The molecule has 3 nitrogen and oxygen atoms in total. The standard InChI is InChI=1S/C9H17NO2/c1-3-7-5-8(11)6-10(7)9(12)4-2/h7-8,11H,3-6H2,1-2H3. The van der Waals surface area contributed by atoms with Crippen molar-refractivity contribution in [3.8, 4) is 0 Å². The van der Waals surface area contributed by atoms with Crippen LogP contribution in [0.25, 0.3) is 0 Å². The first-order valence-corrected chi connectivity index (χ1v) is 4.66. The number of nitrogens with zero attached hydrogens (tertiary/aromatic N) is 1. The highest BCUT2D eigenvalue weighted by Crippen LogP contribution is 2.20. The summed E-state index contributed by atoms with van der Waals surface area (Å²) in [5.41, 5.74) is 0. The summed E-state index contributed by atoms with van der Waals surface area (Å²) in [6.07, 6.45) is 1.94. The van der Waals surface area contributed by atoms with Crippen LogP contribution in [-0.4, -0.2) is 34.6 Å². The molecule has 1 N–H and O–H groups in total. The number of β-amino-alcohol motifs (C(OH)–C–C–N with tert-alkyl or cyclic N) is 1. The fourth-order valence-electron chi connectivity index (χ4n) is 1.79. The topological polar surface area (TPSA) is 40.5 Å². The average Bonchev–Trinajstić information content (AvgIpc) is 2.45. The normalized spacial score (nSPS) is 29.4. The molecule has 0 aromatic rings. The highest BCUT2D eigenvalue weighted by molar-refractivity contribution is 5.76. The first kappa shape index (κ1) is 9.52. The fraction of sp³-hybridized carbons (Fsp3) is 0.889. The van der Waals surface area contributed by atoms with Crippen LogP contribution in [0.1, 0.15) is 33.1 Å². The first-order chi connectivity index (χ1) is 5.69. The van der Waals surface area contributed by atoms with E-state index >= 15 is 0 Å².